The summed E-state index contributed by atoms with van der Waals surface area (Å²) in [6.07, 6.45) is 1.30. The fourth-order valence-electron chi connectivity index (χ4n) is 1.26. The van der Waals surface area contributed by atoms with Gasteiger partial charge in [-0.05, 0) is 18.9 Å². The maximum atomic E-state index is 11.0. The minimum atomic E-state index is -0.616. The van der Waals surface area contributed by atoms with Crippen molar-refractivity contribution in [1.29, 1.82) is 0 Å². The highest BCUT2D eigenvalue weighted by Crippen LogP contribution is 2.22. The molecule has 0 aliphatic rings. The Morgan fingerprint density at radius 3 is 2.57 bits per heavy atom. The Hall–Kier alpha value is -1.58. The SMILES string of the molecule is CCc1cc(C(N)=O)c(O)c(CC)n1. The molecule has 0 aromatic carbocycles. The lowest BCUT2D eigenvalue weighted by Gasteiger charge is -2.07. The van der Waals surface area contributed by atoms with Crippen molar-refractivity contribution < 1.29 is 9.90 Å². The molecule has 0 spiro atoms. The van der Waals surface area contributed by atoms with E-state index in [1.54, 1.807) is 0 Å². The van der Waals surface area contributed by atoms with Gasteiger partial charge >= 0.3 is 0 Å². The highest BCUT2D eigenvalue weighted by atomic mass is 16.3. The summed E-state index contributed by atoms with van der Waals surface area (Å²) in [6, 6.07) is 1.54. The molecule has 0 saturated heterocycles. The van der Waals surface area contributed by atoms with Crippen LogP contribution in [-0.2, 0) is 12.8 Å². The molecule has 0 bridgehead atoms. The maximum Gasteiger partial charge on any atom is 0.252 e. The van der Waals surface area contributed by atoms with E-state index in [0.717, 1.165) is 5.69 Å². The third-order valence-electron chi connectivity index (χ3n) is 2.08. The standard InChI is InChI=1S/C10H14N2O2/c1-3-6-5-7(10(11)14)9(13)8(4-2)12-6/h5,13H,3-4H2,1-2H3,(H2,11,14). The number of pyridine rings is 1. The van der Waals surface area contributed by atoms with Crippen LogP contribution in [0.5, 0.6) is 5.75 Å². The van der Waals surface area contributed by atoms with Gasteiger partial charge in [0.15, 0.2) is 0 Å². The topological polar surface area (TPSA) is 76.2 Å². The van der Waals surface area contributed by atoms with Crippen LogP contribution in [0.3, 0.4) is 0 Å². The Morgan fingerprint density at radius 2 is 2.14 bits per heavy atom. The highest BCUT2D eigenvalue weighted by Gasteiger charge is 2.13. The Morgan fingerprint density at radius 1 is 1.50 bits per heavy atom. The molecule has 1 amide bonds. The summed E-state index contributed by atoms with van der Waals surface area (Å²) in [5, 5.41) is 9.62. The lowest BCUT2D eigenvalue weighted by atomic mass is 10.1. The van der Waals surface area contributed by atoms with Crippen LogP contribution in [0.4, 0.5) is 0 Å². The first-order valence-electron chi connectivity index (χ1n) is 4.61. The fourth-order valence-corrected chi connectivity index (χ4v) is 1.26. The third-order valence-corrected chi connectivity index (χ3v) is 2.08. The molecule has 0 aliphatic carbocycles. The Kier molecular flexibility index (Phi) is 3.06. The van der Waals surface area contributed by atoms with E-state index < -0.39 is 5.91 Å². The van der Waals surface area contributed by atoms with Gasteiger partial charge in [0.2, 0.25) is 0 Å². The number of aromatic hydroxyl groups is 1. The second kappa shape index (κ2) is 4.09. The first-order chi connectivity index (χ1) is 6.60. The maximum absolute atomic E-state index is 11.0. The van der Waals surface area contributed by atoms with E-state index in [2.05, 4.69) is 4.98 Å². The van der Waals surface area contributed by atoms with Gasteiger partial charge < -0.3 is 10.8 Å². The molecule has 0 atom stereocenters. The monoisotopic (exact) mass is 194 g/mol. The summed E-state index contributed by atoms with van der Waals surface area (Å²) in [6.45, 7) is 3.80. The summed E-state index contributed by atoms with van der Waals surface area (Å²) < 4.78 is 0. The number of carbonyl (C=O) groups is 1. The number of carbonyl (C=O) groups excluding carboxylic acids is 1. The molecule has 1 rings (SSSR count). The van der Waals surface area contributed by atoms with Crippen LogP contribution in [0.1, 0.15) is 35.6 Å². The molecule has 0 saturated carbocycles. The first-order valence-corrected chi connectivity index (χ1v) is 4.61. The summed E-state index contributed by atoms with van der Waals surface area (Å²) in [7, 11) is 0. The molecule has 4 heteroatoms. The van der Waals surface area contributed by atoms with Gasteiger partial charge in [0, 0.05) is 5.69 Å². The molecular weight excluding hydrogens is 180 g/mol. The molecule has 4 nitrogen and oxygen atoms in total. The first kappa shape index (κ1) is 10.5. The molecule has 3 N–H and O–H groups in total. The molecule has 0 aliphatic heterocycles. The summed E-state index contributed by atoms with van der Waals surface area (Å²) >= 11 is 0. The van der Waals surface area contributed by atoms with Gasteiger partial charge in [-0.25, -0.2) is 0 Å². The van der Waals surface area contributed by atoms with Crippen molar-refractivity contribution in [2.75, 3.05) is 0 Å². The van der Waals surface area contributed by atoms with Gasteiger partial charge in [-0.3, -0.25) is 9.78 Å². The lowest BCUT2D eigenvalue weighted by molar-refractivity contribution is 0.0997. The van der Waals surface area contributed by atoms with Crippen LogP contribution >= 0.6 is 0 Å². The Bertz CT molecular complexity index is 361. The van der Waals surface area contributed by atoms with Crippen molar-refractivity contribution in [3.05, 3.63) is 23.0 Å². The minimum Gasteiger partial charge on any atom is -0.505 e. The molecule has 1 aromatic heterocycles. The van der Waals surface area contributed by atoms with Gasteiger partial charge in [-0.2, -0.15) is 0 Å². The highest BCUT2D eigenvalue weighted by molar-refractivity contribution is 5.95. The number of nitrogens with zero attached hydrogens (tertiary/aromatic N) is 1. The average Bonchev–Trinajstić information content (AvgIpc) is 2.17. The van der Waals surface area contributed by atoms with Gasteiger partial charge in [0.25, 0.3) is 5.91 Å². The zero-order valence-corrected chi connectivity index (χ0v) is 8.37. The van der Waals surface area contributed by atoms with E-state index in [9.17, 15) is 9.90 Å². The van der Waals surface area contributed by atoms with Crippen LogP contribution < -0.4 is 5.73 Å². The number of aryl methyl sites for hydroxylation is 2. The molecule has 0 unspecified atom stereocenters. The number of rotatable bonds is 3. The van der Waals surface area contributed by atoms with E-state index >= 15 is 0 Å². The quantitative estimate of drug-likeness (QED) is 0.754. The number of hydrogen-bond acceptors (Lipinski definition) is 3. The second-order valence-electron chi connectivity index (χ2n) is 3.03. The van der Waals surface area contributed by atoms with Crippen molar-refractivity contribution >= 4 is 5.91 Å². The van der Waals surface area contributed by atoms with Crippen LogP contribution in [0.2, 0.25) is 0 Å². The zero-order chi connectivity index (χ0) is 10.7. The minimum absolute atomic E-state index is 0.0859. The van der Waals surface area contributed by atoms with Crippen molar-refractivity contribution in [2.45, 2.75) is 26.7 Å². The average molecular weight is 194 g/mol. The Balaban J connectivity index is 3.34. The van der Waals surface area contributed by atoms with E-state index in [-0.39, 0.29) is 11.3 Å². The molecule has 1 aromatic rings. The van der Waals surface area contributed by atoms with Gasteiger partial charge in [-0.15, -0.1) is 0 Å². The molecule has 76 valence electrons. The van der Waals surface area contributed by atoms with E-state index in [0.29, 0.717) is 18.5 Å². The normalized spacial score (nSPS) is 10.1. The second-order valence-corrected chi connectivity index (χ2v) is 3.03. The predicted molar refractivity (Wildman–Crippen MR) is 53.2 cm³/mol. The Labute approximate surface area is 82.8 Å². The largest absolute Gasteiger partial charge is 0.505 e. The van der Waals surface area contributed by atoms with Gasteiger partial charge in [0.05, 0.1) is 11.3 Å². The summed E-state index contributed by atoms with van der Waals surface area (Å²) in [5.41, 5.74) is 6.59. The smallest absolute Gasteiger partial charge is 0.252 e. The third kappa shape index (κ3) is 1.84. The van der Waals surface area contributed by atoms with Crippen LogP contribution in [0, 0.1) is 0 Å². The molecule has 14 heavy (non-hydrogen) atoms. The van der Waals surface area contributed by atoms with Crippen LogP contribution in [0.25, 0.3) is 0 Å². The van der Waals surface area contributed by atoms with Gasteiger partial charge in [0.1, 0.15) is 5.75 Å². The number of amides is 1. The van der Waals surface area contributed by atoms with Crippen molar-refractivity contribution in [1.82, 2.24) is 4.98 Å². The van der Waals surface area contributed by atoms with Crippen molar-refractivity contribution in [3.8, 4) is 5.75 Å². The molecule has 0 fully saturated rings. The van der Waals surface area contributed by atoms with E-state index in [4.69, 9.17) is 5.73 Å². The van der Waals surface area contributed by atoms with Crippen molar-refractivity contribution in [3.63, 3.8) is 0 Å². The molecular formula is C10H14N2O2. The van der Waals surface area contributed by atoms with E-state index in [1.807, 2.05) is 13.8 Å². The lowest BCUT2D eigenvalue weighted by Crippen LogP contribution is -2.13. The zero-order valence-electron chi connectivity index (χ0n) is 8.37. The molecule has 1 heterocycles. The van der Waals surface area contributed by atoms with Crippen LogP contribution in [0.15, 0.2) is 6.07 Å². The number of hydrogen-bond donors (Lipinski definition) is 2. The van der Waals surface area contributed by atoms with E-state index in [1.165, 1.54) is 6.07 Å². The summed E-state index contributed by atoms with van der Waals surface area (Å²) in [5.74, 6) is -0.702. The number of nitrogens with two attached hydrogens (primary N) is 1. The molecule has 0 radical (unpaired) electrons. The van der Waals surface area contributed by atoms with Gasteiger partial charge in [-0.1, -0.05) is 13.8 Å². The number of aromatic nitrogens is 1. The fraction of sp³-hybridized carbons (Fsp3) is 0.400. The number of primary amides is 1. The predicted octanol–water partition coefficient (Wildman–Crippen LogP) is 1.01. The van der Waals surface area contributed by atoms with Crippen molar-refractivity contribution in [2.24, 2.45) is 5.73 Å². The van der Waals surface area contributed by atoms with Crippen LogP contribution in [-0.4, -0.2) is 16.0 Å². The summed E-state index contributed by atoms with van der Waals surface area (Å²) in [4.78, 5) is 15.2.